The van der Waals surface area contributed by atoms with E-state index in [2.05, 4.69) is 15.1 Å². The van der Waals surface area contributed by atoms with Gasteiger partial charge in [-0.1, -0.05) is 0 Å². The highest BCUT2D eigenvalue weighted by atomic mass is 16.4. The first kappa shape index (κ1) is 13.3. The number of carbonyl (C=O) groups is 3. The van der Waals surface area contributed by atoms with Crippen molar-refractivity contribution in [2.24, 2.45) is 0 Å². The summed E-state index contributed by atoms with van der Waals surface area (Å²) in [5, 5.41) is 4.79. The summed E-state index contributed by atoms with van der Waals surface area (Å²) in [6, 6.07) is 2.00. The lowest BCUT2D eigenvalue weighted by Crippen LogP contribution is -2.59. The molecule has 1 atom stereocenters. The molecule has 1 spiro atoms. The summed E-state index contributed by atoms with van der Waals surface area (Å²) < 4.78 is 4.67. The fourth-order valence-corrected chi connectivity index (χ4v) is 2.71. The van der Waals surface area contributed by atoms with Gasteiger partial charge in [0.25, 0.3) is 11.8 Å². The Labute approximate surface area is 119 Å². The molecule has 2 fully saturated rings. The maximum Gasteiger partial charge on any atom is 0.335 e. The van der Waals surface area contributed by atoms with E-state index in [9.17, 15) is 19.2 Å². The van der Waals surface area contributed by atoms with Crippen molar-refractivity contribution in [3.8, 4) is 0 Å². The minimum Gasteiger partial charge on any atom is -0.430 e. The fourth-order valence-electron chi connectivity index (χ4n) is 2.71. The SMILES string of the molecule is O=C1NC(=O)C2(CCCN(C(=O)c3ccc(=O)oc3)C2)N1. The van der Waals surface area contributed by atoms with Crippen molar-refractivity contribution < 1.29 is 18.8 Å². The van der Waals surface area contributed by atoms with E-state index in [1.807, 2.05) is 0 Å². The van der Waals surface area contributed by atoms with Gasteiger partial charge in [-0.2, -0.15) is 0 Å². The van der Waals surface area contributed by atoms with Crippen LogP contribution >= 0.6 is 0 Å². The Morgan fingerprint density at radius 1 is 1.29 bits per heavy atom. The van der Waals surface area contributed by atoms with E-state index < -0.39 is 23.1 Å². The minimum absolute atomic E-state index is 0.0997. The number of carbonyl (C=O) groups excluding carboxylic acids is 3. The Bertz CT molecular complexity index is 662. The van der Waals surface area contributed by atoms with Gasteiger partial charge in [-0.05, 0) is 18.9 Å². The topological polar surface area (TPSA) is 109 Å². The van der Waals surface area contributed by atoms with Crippen LogP contribution in [0.4, 0.5) is 4.79 Å². The predicted octanol–water partition coefficient (Wildman–Crippen LogP) is -0.546. The second-order valence-corrected chi connectivity index (χ2v) is 5.16. The summed E-state index contributed by atoms with van der Waals surface area (Å²) in [4.78, 5) is 48.0. The molecule has 2 saturated heterocycles. The third-order valence-electron chi connectivity index (χ3n) is 3.74. The van der Waals surface area contributed by atoms with Gasteiger partial charge in [0.05, 0.1) is 12.1 Å². The molecular weight excluding hydrogens is 278 g/mol. The third kappa shape index (κ3) is 2.28. The zero-order valence-corrected chi connectivity index (χ0v) is 11.0. The summed E-state index contributed by atoms with van der Waals surface area (Å²) in [6.45, 7) is 0.575. The second-order valence-electron chi connectivity index (χ2n) is 5.16. The molecule has 0 radical (unpaired) electrons. The number of imide groups is 1. The van der Waals surface area contributed by atoms with Gasteiger partial charge >= 0.3 is 11.7 Å². The number of likely N-dealkylation sites (tertiary alicyclic amines) is 1. The van der Waals surface area contributed by atoms with Crippen LogP contribution in [0.3, 0.4) is 0 Å². The van der Waals surface area contributed by atoms with Crippen LogP contribution in [0.25, 0.3) is 0 Å². The number of amides is 4. The number of nitrogens with zero attached hydrogens (tertiary/aromatic N) is 1. The predicted molar refractivity (Wildman–Crippen MR) is 69.5 cm³/mol. The molecule has 2 N–H and O–H groups in total. The lowest BCUT2D eigenvalue weighted by atomic mass is 9.89. The van der Waals surface area contributed by atoms with Crippen molar-refractivity contribution in [3.63, 3.8) is 0 Å². The number of piperidine rings is 1. The zero-order chi connectivity index (χ0) is 15.0. The Morgan fingerprint density at radius 2 is 2.10 bits per heavy atom. The second kappa shape index (κ2) is 4.72. The molecule has 1 aromatic heterocycles. The molecule has 1 aromatic rings. The van der Waals surface area contributed by atoms with Gasteiger partial charge in [-0.3, -0.25) is 14.9 Å². The van der Waals surface area contributed by atoms with Crippen molar-refractivity contribution in [2.75, 3.05) is 13.1 Å². The molecule has 8 heteroatoms. The molecule has 1 unspecified atom stereocenters. The van der Waals surface area contributed by atoms with Crippen molar-refractivity contribution in [1.29, 1.82) is 0 Å². The Hall–Kier alpha value is -2.64. The van der Waals surface area contributed by atoms with Crippen LogP contribution in [-0.4, -0.2) is 41.4 Å². The molecule has 2 aliphatic rings. The van der Waals surface area contributed by atoms with Crippen molar-refractivity contribution in [1.82, 2.24) is 15.5 Å². The molecule has 110 valence electrons. The van der Waals surface area contributed by atoms with Crippen LogP contribution in [-0.2, 0) is 4.79 Å². The molecule has 0 bridgehead atoms. The molecule has 2 aliphatic heterocycles. The highest BCUT2D eigenvalue weighted by Crippen LogP contribution is 2.25. The Morgan fingerprint density at radius 3 is 2.71 bits per heavy atom. The number of nitrogens with one attached hydrogen (secondary N) is 2. The molecule has 3 rings (SSSR count). The molecule has 21 heavy (non-hydrogen) atoms. The third-order valence-corrected chi connectivity index (χ3v) is 3.74. The molecule has 0 saturated carbocycles. The van der Waals surface area contributed by atoms with Crippen LogP contribution in [0.2, 0.25) is 0 Å². The quantitative estimate of drug-likeness (QED) is 0.675. The van der Waals surface area contributed by atoms with Crippen LogP contribution in [0.15, 0.2) is 27.6 Å². The van der Waals surface area contributed by atoms with Gasteiger partial charge in [0.1, 0.15) is 11.8 Å². The summed E-state index contributed by atoms with van der Waals surface area (Å²) >= 11 is 0. The number of hydrogen-bond acceptors (Lipinski definition) is 5. The lowest BCUT2D eigenvalue weighted by molar-refractivity contribution is -0.125. The van der Waals surface area contributed by atoms with Gasteiger partial charge < -0.3 is 14.6 Å². The molecule has 8 nitrogen and oxygen atoms in total. The van der Waals surface area contributed by atoms with Crippen LogP contribution in [0, 0.1) is 0 Å². The normalized spacial score (nSPS) is 24.9. The first-order valence-electron chi connectivity index (χ1n) is 6.52. The molecule has 3 heterocycles. The van der Waals surface area contributed by atoms with E-state index in [4.69, 9.17) is 0 Å². The molecule has 0 aliphatic carbocycles. The zero-order valence-electron chi connectivity index (χ0n) is 11.0. The maximum atomic E-state index is 12.4. The molecular formula is C13H13N3O5. The van der Waals surface area contributed by atoms with E-state index in [-0.39, 0.29) is 18.0 Å². The first-order valence-corrected chi connectivity index (χ1v) is 6.52. The largest absolute Gasteiger partial charge is 0.430 e. The average molecular weight is 291 g/mol. The van der Waals surface area contributed by atoms with Gasteiger partial charge in [-0.15, -0.1) is 0 Å². The van der Waals surface area contributed by atoms with Crippen molar-refractivity contribution in [3.05, 3.63) is 34.4 Å². The summed E-state index contributed by atoms with van der Waals surface area (Å²) in [7, 11) is 0. The highest BCUT2D eigenvalue weighted by molar-refractivity contribution is 6.07. The van der Waals surface area contributed by atoms with E-state index >= 15 is 0 Å². The summed E-state index contributed by atoms with van der Waals surface area (Å²) in [5.74, 6) is -0.753. The Balaban J connectivity index is 1.81. The minimum atomic E-state index is -1.05. The van der Waals surface area contributed by atoms with Gasteiger partial charge in [0.15, 0.2) is 0 Å². The number of urea groups is 1. The van der Waals surface area contributed by atoms with E-state index in [0.29, 0.717) is 19.4 Å². The van der Waals surface area contributed by atoms with Gasteiger partial charge in [0.2, 0.25) is 0 Å². The monoisotopic (exact) mass is 291 g/mol. The van der Waals surface area contributed by atoms with Gasteiger partial charge in [0, 0.05) is 12.6 Å². The van der Waals surface area contributed by atoms with E-state index in [1.165, 1.54) is 11.0 Å². The summed E-state index contributed by atoms with van der Waals surface area (Å²) in [5.41, 5.74) is -1.36. The Kier molecular flexibility index (Phi) is 3.00. The van der Waals surface area contributed by atoms with E-state index in [0.717, 1.165) is 12.3 Å². The highest BCUT2D eigenvalue weighted by Gasteiger charge is 2.49. The number of hydrogen-bond donors (Lipinski definition) is 2. The first-order chi connectivity index (χ1) is 10.00. The average Bonchev–Trinajstić information content (AvgIpc) is 2.73. The summed E-state index contributed by atoms with van der Waals surface area (Å²) in [6.07, 6.45) is 2.17. The van der Waals surface area contributed by atoms with E-state index in [1.54, 1.807) is 0 Å². The molecule has 0 aromatic carbocycles. The smallest absolute Gasteiger partial charge is 0.335 e. The number of rotatable bonds is 1. The molecule has 4 amide bonds. The fraction of sp³-hybridized carbons (Fsp3) is 0.385. The lowest BCUT2D eigenvalue weighted by Gasteiger charge is -2.37. The van der Waals surface area contributed by atoms with Crippen molar-refractivity contribution >= 4 is 17.8 Å². The van der Waals surface area contributed by atoms with Crippen LogP contribution in [0.5, 0.6) is 0 Å². The van der Waals surface area contributed by atoms with Crippen LogP contribution < -0.4 is 16.3 Å². The van der Waals surface area contributed by atoms with Crippen LogP contribution in [0.1, 0.15) is 23.2 Å². The maximum absolute atomic E-state index is 12.4. The standard InChI is InChI=1S/C13H13N3O5/c17-9-3-2-8(6-21-9)10(18)16-5-1-4-13(7-16)11(19)14-12(20)15-13/h2-3,6H,1,4-5,7H2,(H2,14,15,19,20). The van der Waals surface area contributed by atoms with Gasteiger partial charge in [-0.25, -0.2) is 9.59 Å². The van der Waals surface area contributed by atoms with Crippen molar-refractivity contribution in [2.45, 2.75) is 18.4 Å².